The molecule has 0 radical (unpaired) electrons. The first-order chi connectivity index (χ1) is 16.2. The van der Waals surface area contributed by atoms with Crippen LogP contribution in [0.1, 0.15) is 29.3 Å². The van der Waals surface area contributed by atoms with Gasteiger partial charge in [-0.05, 0) is 11.6 Å². The van der Waals surface area contributed by atoms with Crippen molar-refractivity contribution in [2.75, 3.05) is 31.6 Å². The van der Waals surface area contributed by atoms with Gasteiger partial charge < -0.3 is 15.0 Å². The molecule has 2 saturated heterocycles. The van der Waals surface area contributed by atoms with Gasteiger partial charge in [-0.25, -0.2) is 18.7 Å². The summed E-state index contributed by atoms with van der Waals surface area (Å²) >= 11 is 0. The van der Waals surface area contributed by atoms with Gasteiger partial charge in [0.2, 0.25) is 0 Å². The van der Waals surface area contributed by atoms with E-state index in [9.17, 15) is 13.2 Å². The number of rotatable bonds is 3. The Kier molecular flexibility index (Phi) is 4.86. The van der Waals surface area contributed by atoms with Crippen molar-refractivity contribution in [1.29, 1.82) is 0 Å². The molecule has 2 N–H and O–H groups in total. The first-order valence-corrected chi connectivity index (χ1v) is 11.2. The van der Waals surface area contributed by atoms with Crippen molar-refractivity contribution in [2.45, 2.75) is 30.6 Å². The number of anilines is 1. The largest absolute Gasteiger partial charge is 0.431 e. The van der Waals surface area contributed by atoms with Gasteiger partial charge in [-0.1, -0.05) is 24.3 Å². The second-order valence-corrected chi connectivity index (χ2v) is 9.36. The molecule has 0 bridgehead atoms. The van der Waals surface area contributed by atoms with E-state index >= 15 is 8.78 Å². The lowest BCUT2D eigenvalue weighted by Gasteiger charge is -2.43. The van der Waals surface area contributed by atoms with E-state index in [1.165, 1.54) is 6.07 Å². The third kappa shape index (κ3) is 3.52. The molecule has 11 heteroatoms. The molecule has 2 fully saturated rings. The van der Waals surface area contributed by atoms with Gasteiger partial charge in [0.05, 0.1) is 24.6 Å². The average Bonchev–Trinajstić information content (AvgIpc) is 3.50. The van der Waals surface area contributed by atoms with E-state index in [1.807, 2.05) is 0 Å². The molecule has 180 valence electrons. The molecule has 0 amide bonds. The number of halogens is 5. The molecule has 2 unspecified atom stereocenters. The van der Waals surface area contributed by atoms with Gasteiger partial charge in [0, 0.05) is 43.0 Å². The van der Waals surface area contributed by atoms with E-state index in [-0.39, 0.29) is 22.4 Å². The van der Waals surface area contributed by atoms with Gasteiger partial charge in [0.25, 0.3) is 5.92 Å². The highest BCUT2D eigenvalue weighted by Crippen LogP contribution is 2.48. The summed E-state index contributed by atoms with van der Waals surface area (Å²) in [5.41, 5.74) is -0.550. The summed E-state index contributed by atoms with van der Waals surface area (Å²) in [6.45, 7) is 2.53. The predicted molar refractivity (Wildman–Crippen MR) is 113 cm³/mol. The van der Waals surface area contributed by atoms with Crippen LogP contribution >= 0.6 is 0 Å². The lowest BCUT2D eigenvalue weighted by Crippen LogP contribution is -2.48. The van der Waals surface area contributed by atoms with Gasteiger partial charge in [-0.2, -0.15) is 13.2 Å². The first kappa shape index (κ1) is 21.7. The van der Waals surface area contributed by atoms with Gasteiger partial charge in [0.15, 0.2) is 0 Å². The van der Waals surface area contributed by atoms with Crippen molar-refractivity contribution in [3.8, 4) is 0 Å². The fraction of sp³-hybridized carbons (Fsp3) is 0.478. The SMILES string of the molecule is FC(F)(F)c1cc2c(NC3c4ccccc4C(F)(F)C[C@@H]3N3CC4COC[C@H]4C3)ncnc2[nH]1. The molecule has 4 heterocycles. The van der Waals surface area contributed by atoms with Crippen LogP contribution in [0.15, 0.2) is 36.7 Å². The quantitative estimate of drug-likeness (QED) is 0.539. The minimum absolute atomic E-state index is 0.0312. The fourth-order valence-corrected chi connectivity index (χ4v) is 5.66. The Morgan fingerprint density at radius 3 is 2.56 bits per heavy atom. The molecule has 2 aliphatic heterocycles. The van der Waals surface area contributed by atoms with Crippen LogP contribution in [-0.4, -0.2) is 52.2 Å². The van der Waals surface area contributed by atoms with Crippen LogP contribution in [0.4, 0.5) is 27.8 Å². The standard InChI is InChI=1S/C23H22F5N5O/c24-22(25)6-17(33-7-12-9-34-10-13(12)8-33)19(14-3-1-2-4-16(14)22)32-21-15-5-18(23(26,27)28)31-20(15)29-11-30-21/h1-5,11-13,17,19H,6-10H2,(H2,29,30,31,32)/t12-,13?,17+,19?/m1/s1. The number of nitrogens with one attached hydrogen (secondary N) is 2. The maximum atomic E-state index is 15.3. The molecule has 34 heavy (non-hydrogen) atoms. The Morgan fingerprint density at radius 1 is 1.09 bits per heavy atom. The normalized spacial score (nSPS) is 28.7. The number of hydrogen-bond acceptors (Lipinski definition) is 5. The minimum Gasteiger partial charge on any atom is -0.381 e. The summed E-state index contributed by atoms with van der Waals surface area (Å²) in [4.78, 5) is 12.5. The van der Waals surface area contributed by atoms with E-state index in [0.717, 1.165) is 12.4 Å². The Morgan fingerprint density at radius 2 is 1.82 bits per heavy atom. The Bertz CT molecular complexity index is 1220. The third-order valence-corrected chi connectivity index (χ3v) is 7.30. The molecular formula is C23H22F5N5O. The highest BCUT2D eigenvalue weighted by molar-refractivity contribution is 5.88. The number of H-pyrrole nitrogens is 1. The topological polar surface area (TPSA) is 66.1 Å². The number of likely N-dealkylation sites (tertiary alicyclic amines) is 1. The summed E-state index contributed by atoms with van der Waals surface area (Å²) in [6, 6.07) is 6.15. The molecule has 1 aromatic carbocycles. The second kappa shape index (κ2) is 7.61. The number of aromatic amines is 1. The number of alkyl halides is 5. The molecule has 6 nitrogen and oxygen atoms in total. The van der Waals surface area contributed by atoms with Gasteiger partial charge in [-0.3, -0.25) is 4.90 Å². The van der Waals surface area contributed by atoms with Gasteiger partial charge >= 0.3 is 6.18 Å². The molecule has 6 rings (SSSR count). The summed E-state index contributed by atoms with van der Waals surface area (Å²) in [6.07, 6.45) is -3.80. The van der Waals surface area contributed by atoms with E-state index < -0.39 is 36.3 Å². The van der Waals surface area contributed by atoms with Gasteiger partial charge in [-0.15, -0.1) is 0 Å². The molecule has 0 spiro atoms. The van der Waals surface area contributed by atoms with Crippen LogP contribution in [0.2, 0.25) is 0 Å². The molecule has 4 atom stereocenters. The van der Waals surface area contributed by atoms with Crippen LogP contribution in [0.5, 0.6) is 0 Å². The van der Waals surface area contributed by atoms with Crippen molar-refractivity contribution in [3.63, 3.8) is 0 Å². The highest BCUT2D eigenvalue weighted by atomic mass is 19.4. The van der Waals surface area contributed by atoms with Crippen LogP contribution in [0.25, 0.3) is 11.0 Å². The smallest absolute Gasteiger partial charge is 0.381 e. The van der Waals surface area contributed by atoms with Crippen LogP contribution in [0.3, 0.4) is 0 Å². The highest BCUT2D eigenvalue weighted by Gasteiger charge is 2.50. The Labute approximate surface area is 191 Å². The second-order valence-electron chi connectivity index (χ2n) is 9.36. The Hall–Kier alpha value is -2.79. The lowest BCUT2D eigenvalue weighted by molar-refractivity contribution is -0.140. The maximum Gasteiger partial charge on any atom is 0.431 e. The maximum absolute atomic E-state index is 15.3. The summed E-state index contributed by atoms with van der Waals surface area (Å²) in [5, 5.41) is 3.39. The number of ether oxygens (including phenoxy) is 1. The molecule has 2 aromatic heterocycles. The van der Waals surface area contributed by atoms with Crippen molar-refractivity contribution >= 4 is 16.9 Å². The number of benzene rings is 1. The van der Waals surface area contributed by atoms with E-state index in [2.05, 4.69) is 25.2 Å². The van der Waals surface area contributed by atoms with Gasteiger partial charge in [0.1, 0.15) is 23.5 Å². The van der Waals surface area contributed by atoms with E-state index in [0.29, 0.717) is 43.7 Å². The van der Waals surface area contributed by atoms with Crippen molar-refractivity contribution in [1.82, 2.24) is 19.9 Å². The monoisotopic (exact) mass is 479 g/mol. The molecule has 3 aromatic rings. The first-order valence-electron chi connectivity index (χ1n) is 11.2. The van der Waals surface area contributed by atoms with Crippen LogP contribution < -0.4 is 5.32 Å². The van der Waals surface area contributed by atoms with Crippen LogP contribution in [0, 0.1) is 11.8 Å². The zero-order valence-electron chi connectivity index (χ0n) is 17.9. The minimum atomic E-state index is -4.57. The summed E-state index contributed by atoms with van der Waals surface area (Å²) < 4.78 is 75.9. The molecule has 0 saturated carbocycles. The van der Waals surface area contributed by atoms with E-state index in [4.69, 9.17) is 4.74 Å². The number of hydrogen-bond donors (Lipinski definition) is 2. The van der Waals surface area contributed by atoms with Crippen molar-refractivity contribution < 1.29 is 26.7 Å². The third-order valence-electron chi connectivity index (χ3n) is 7.30. The van der Waals surface area contributed by atoms with Crippen LogP contribution in [-0.2, 0) is 16.8 Å². The zero-order valence-corrected chi connectivity index (χ0v) is 17.9. The lowest BCUT2D eigenvalue weighted by atomic mass is 9.80. The Balaban J connectivity index is 1.41. The van der Waals surface area contributed by atoms with Crippen molar-refractivity contribution in [2.24, 2.45) is 11.8 Å². The summed E-state index contributed by atoms with van der Waals surface area (Å²) in [7, 11) is 0. The zero-order chi connectivity index (χ0) is 23.7. The fourth-order valence-electron chi connectivity index (χ4n) is 5.66. The average molecular weight is 479 g/mol. The molecular weight excluding hydrogens is 457 g/mol. The number of aromatic nitrogens is 3. The number of nitrogens with zero attached hydrogens (tertiary/aromatic N) is 3. The van der Waals surface area contributed by atoms with Crippen molar-refractivity contribution in [3.05, 3.63) is 53.5 Å². The summed E-state index contributed by atoms with van der Waals surface area (Å²) in [5.74, 6) is -2.24. The number of fused-ring (bicyclic) bond motifs is 3. The van der Waals surface area contributed by atoms with E-state index in [1.54, 1.807) is 18.2 Å². The predicted octanol–water partition coefficient (Wildman–Crippen LogP) is 4.57. The molecule has 1 aliphatic carbocycles. The molecule has 3 aliphatic rings.